The number of hydrogen-bond donors (Lipinski definition) is 2. The van der Waals surface area contributed by atoms with Crippen molar-refractivity contribution in [3.05, 3.63) is 88.4 Å². The van der Waals surface area contributed by atoms with Gasteiger partial charge in [0.05, 0.1) is 0 Å². The summed E-state index contributed by atoms with van der Waals surface area (Å²) in [6.45, 7) is 4.66. The summed E-state index contributed by atoms with van der Waals surface area (Å²) in [5.74, 6) is 0.467. The predicted molar refractivity (Wildman–Crippen MR) is 115 cm³/mol. The van der Waals surface area contributed by atoms with Gasteiger partial charge in [-0.1, -0.05) is 41.9 Å². The van der Waals surface area contributed by atoms with E-state index in [-0.39, 0.29) is 12.5 Å². The molecule has 0 heterocycles. The Morgan fingerprint density at radius 3 is 2.54 bits per heavy atom. The first-order chi connectivity index (χ1) is 13.5. The topological polar surface area (TPSA) is 50.4 Å². The smallest absolute Gasteiger partial charge is 0.262 e. The summed E-state index contributed by atoms with van der Waals surface area (Å²) >= 11 is 6.05. The Labute approximate surface area is 170 Å². The molecule has 0 aliphatic heterocycles. The maximum absolute atomic E-state index is 12.0. The van der Waals surface area contributed by atoms with E-state index in [2.05, 4.69) is 10.6 Å². The molecule has 0 aliphatic carbocycles. The van der Waals surface area contributed by atoms with Crippen LogP contribution >= 0.6 is 11.6 Å². The van der Waals surface area contributed by atoms with Crippen LogP contribution in [0.1, 0.15) is 16.7 Å². The summed E-state index contributed by atoms with van der Waals surface area (Å²) < 4.78 is 5.57. The molecule has 28 heavy (non-hydrogen) atoms. The number of nitrogens with one attached hydrogen (secondary N) is 2. The zero-order valence-corrected chi connectivity index (χ0v) is 16.7. The highest BCUT2D eigenvalue weighted by molar-refractivity contribution is 6.30. The molecule has 0 aromatic heterocycles. The van der Waals surface area contributed by atoms with Crippen LogP contribution in [0.25, 0.3) is 0 Å². The second-order valence-corrected chi connectivity index (χ2v) is 7.10. The Balaban J connectivity index is 1.49. The molecule has 0 fully saturated rings. The Hall–Kier alpha value is -2.98. The van der Waals surface area contributed by atoms with Crippen molar-refractivity contribution in [1.82, 2.24) is 0 Å². The van der Waals surface area contributed by atoms with Gasteiger partial charge in [0, 0.05) is 22.9 Å². The summed E-state index contributed by atoms with van der Waals surface area (Å²) in [7, 11) is 0. The van der Waals surface area contributed by atoms with E-state index >= 15 is 0 Å². The Kier molecular flexibility index (Phi) is 6.56. The molecule has 5 heteroatoms. The maximum atomic E-state index is 12.0. The van der Waals surface area contributed by atoms with E-state index < -0.39 is 0 Å². The molecule has 1 amide bonds. The number of amides is 1. The van der Waals surface area contributed by atoms with E-state index in [1.807, 2.05) is 80.6 Å². The number of carbonyl (C=O) groups is 1. The van der Waals surface area contributed by atoms with Gasteiger partial charge in [-0.2, -0.15) is 0 Å². The molecule has 3 aromatic carbocycles. The van der Waals surface area contributed by atoms with Crippen LogP contribution in [0.2, 0.25) is 5.02 Å². The average Bonchev–Trinajstić information content (AvgIpc) is 2.68. The SMILES string of the molecule is Cc1cccc(NC(=O)COc2ccc(CNc3cc(Cl)ccc3C)cc2)c1. The lowest BCUT2D eigenvalue weighted by molar-refractivity contribution is -0.118. The molecule has 0 unspecified atom stereocenters. The fraction of sp³-hybridized carbons (Fsp3) is 0.174. The van der Waals surface area contributed by atoms with Crippen LogP contribution in [0, 0.1) is 13.8 Å². The number of rotatable bonds is 7. The van der Waals surface area contributed by atoms with Crippen molar-refractivity contribution >= 4 is 28.9 Å². The summed E-state index contributed by atoms with van der Waals surface area (Å²) in [4.78, 5) is 12.0. The third-order valence-electron chi connectivity index (χ3n) is 4.28. The molecule has 0 spiro atoms. The van der Waals surface area contributed by atoms with Crippen molar-refractivity contribution in [1.29, 1.82) is 0 Å². The molecule has 0 saturated carbocycles. The number of ether oxygens (including phenoxy) is 1. The third-order valence-corrected chi connectivity index (χ3v) is 4.51. The Bertz CT molecular complexity index is 955. The van der Waals surface area contributed by atoms with Crippen molar-refractivity contribution in [2.75, 3.05) is 17.2 Å². The molecular formula is C23H23ClN2O2. The second-order valence-electron chi connectivity index (χ2n) is 6.66. The fourth-order valence-electron chi connectivity index (χ4n) is 2.75. The molecule has 144 valence electrons. The molecule has 3 rings (SSSR count). The quantitative estimate of drug-likeness (QED) is 0.549. The van der Waals surface area contributed by atoms with E-state index in [4.69, 9.17) is 16.3 Å². The lowest BCUT2D eigenvalue weighted by Crippen LogP contribution is -2.20. The minimum Gasteiger partial charge on any atom is -0.484 e. The molecule has 0 saturated heterocycles. The van der Waals surface area contributed by atoms with Gasteiger partial charge in [-0.15, -0.1) is 0 Å². The minimum absolute atomic E-state index is 0.0345. The van der Waals surface area contributed by atoms with Crippen LogP contribution in [0.4, 0.5) is 11.4 Å². The van der Waals surface area contributed by atoms with Gasteiger partial charge < -0.3 is 15.4 Å². The van der Waals surface area contributed by atoms with Gasteiger partial charge >= 0.3 is 0 Å². The molecule has 2 N–H and O–H groups in total. The second kappa shape index (κ2) is 9.29. The van der Waals surface area contributed by atoms with Gasteiger partial charge in [-0.25, -0.2) is 0 Å². The highest BCUT2D eigenvalue weighted by Gasteiger charge is 2.05. The van der Waals surface area contributed by atoms with Crippen LogP contribution in [0.3, 0.4) is 0 Å². The zero-order valence-electron chi connectivity index (χ0n) is 16.0. The van der Waals surface area contributed by atoms with E-state index in [0.29, 0.717) is 17.3 Å². The van der Waals surface area contributed by atoms with Crippen molar-refractivity contribution in [2.45, 2.75) is 20.4 Å². The average molecular weight is 395 g/mol. The van der Waals surface area contributed by atoms with Crippen LogP contribution in [-0.2, 0) is 11.3 Å². The van der Waals surface area contributed by atoms with Crippen molar-refractivity contribution in [3.8, 4) is 5.75 Å². The van der Waals surface area contributed by atoms with Crippen molar-refractivity contribution in [3.63, 3.8) is 0 Å². The number of benzene rings is 3. The minimum atomic E-state index is -0.187. The van der Waals surface area contributed by atoms with E-state index in [1.54, 1.807) is 0 Å². The number of aryl methyl sites for hydroxylation is 2. The largest absolute Gasteiger partial charge is 0.484 e. The van der Waals surface area contributed by atoms with E-state index in [0.717, 1.165) is 28.1 Å². The molecular weight excluding hydrogens is 372 g/mol. The summed E-state index contributed by atoms with van der Waals surface area (Å²) in [6.07, 6.45) is 0. The summed E-state index contributed by atoms with van der Waals surface area (Å²) in [5, 5.41) is 6.92. The maximum Gasteiger partial charge on any atom is 0.262 e. The lowest BCUT2D eigenvalue weighted by atomic mass is 10.1. The standard InChI is InChI=1S/C23H23ClN2O2/c1-16-4-3-5-20(12-16)26-23(27)15-28-21-10-7-18(8-11-21)14-25-22-13-19(24)9-6-17(22)2/h3-13,25H,14-15H2,1-2H3,(H,26,27). The first kappa shape index (κ1) is 19.8. The Morgan fingerprint density at radius 2 is 1.79 bits per heavy atom. The van der Waals surface area contributed by atoms with Crippen LogP contribution in [0.15, 0.2) is 66.7 Å². The van der Waals surface area contributed by atoms with Crippen molar-refractivity contribution < 1.29 is 9.53 Å². The van der Waals surface area contributed by atoms with Gasteiger partial charge in [0.25, 0.3) is 5.91 Å². The Morgan fingerprint density at radius 1 is 1.00 bits per heavy atom. The summed E-state index contributed by atoms with van der Waals surface area (Å²) in [6, 6.07) is 21.1. The lowest BCUT2D eigenvalue weighted by Gasteiger charge is -2.11. The van der Waals surface area contributed by atoms with E-state index in [9.17, 15) is 4.79 Å². The number of carbonyl (C=O) groups excluding carboxylic acids is 1. The van der Waals surface area contributed by atoms with Crippen LogP contribution in [0.5, 0.6) is 5.75 Å². The van der Waals surface area contributed by atoms with Gasteiger partial charge in [0.15, 0.2) is 6.61 Å². The monoisotopic (exact) mass is 394 g/mol. The van der Waals surface area contributed by atoms with Gasteiger partial charge in [-0.05, 0) is 66.9 Å². The number of hydrogen-bond acceptors (Lipinski definition) is 3. The van der Waals surface area contributed by atoms with Crippen molar-refractivity contribution in [2.24, 2.45) is 0 Å². The fourth-order valence-corrected chi connectivity index (χ4v) is 2.93. The molecule has 4 nitrogen and oxygen atoms in total. The molecule has 0 aliphatic rings. The van der Waals surface area contributed by atoms with Crippen LogP contribution in [-0.4, -0.2) is 12.5 Å². The molecule has 0 bridgehead atoms. The molecule has 3 aromatic rings. The first-order valence-electron chi connectivity index (χ1n) is 9.08. The molecule has 0 atom stereocenters. The van der Waals surface area contributed by atoms with Gasteiger partial charge in [0.2, 0.25) is 0 Å². The third kappa shape index (κ3) is 5.76. The first-order valence-corrected chi connectivity index (χ1v) is 9.46. The highest BCUT2D eigenvalue weighted by Crippen LogP contribution is 2.21. The highest BCUT2D eigenvalue weighted by atomic mass is 35.5. The number of anilines is 2. The number of halogens is 1. The van der Waals surface area contributed by atoms with E-state index in [1.165, 1.54) is 0 Å². The van der Waals surface area contributed by atoms with Gasteiger partial charge in [-0.3, -0.25) is 4.79 Å². The predicted octanol–water partition coefficient (Wildman–Crippen LogP) is 5.59. The normalized spacial score (nSPS) is 10.4. The van der Waals surface area contributed by atoms with Crippen LogP contribution < -0.4 is 15.4 Å². The summed E-state index contributed by atoms with van der Waals surface area (Å²) in [5.41, 5.74) is 5.13. The van der Waals surface area contributed by atoms with Gasteiger partial charge in [0.1, 0.15) is 5.75 Å². The molecule has 0 radical (unpaired) electrons. The zero-order chi connectivity index (χ0) is 19.9.